The number of primary amides is 1. The summed E-state index contributed by atoms with van der Waals surface area (Å²) in [5.41, 5.74) is 7.08. The molecule has 2 N–H and O–H groups in total. The molecule has 0 radical (unpaired) electrons. The van der Waals surface area contributed by atoms with Crippen LogP contribution in [0.4, 0.5) is 14.6 Å². The molecule has 2 saturated heterocycles. The van der Waals surface area contributed by atoms with Gasteiger partial charge in [-0.25, -0.2) is 13.8 Å². The van der Waals surface area contributed by atoms with Gasteiger partial charge in [0.15, 0.2) is 5.78 Å². The van der Waals surface area contributed by atoms with Crippen LogP contribution >= 0.6 is 0 Å². The largest absolute Gasteiger partial charge is 0.378 e. The Balaban J connectivity index is 1.10. The molecule has 2 aromatic rings. The highest BCUT2D eigenvalue weighted by molar-refractivity contribution is 5.98. The zero-order chi connectivity index (χ0) is 27.4. The maximum atomic E-state index is 14.1. The minimum absolute atomic E-state index is 0.00363. The average Bonchev–Trinajstić information content (AvgIpc) is 2.96. The summed E-state index contributed by atoms with van der Waals surface area (Å²) in [6, 6.07) is 6.92. The summed E-state index contributed by atoms with van der Waals surface area (Å²) in [7, 11) is 0. The molecule has 5 rings (SSSR count). The standard InChI is InChI=1S/C30H38F2N4O3/c31-23-5-6-24(26(32)19-23)29(37)22-10-13-35(14-11-22)12-9-20-1-3-21(4-2-20)28-25(30(33)38)7-8-27(34-28)36-15-17-39-18-16-36/h5-8,19-22H,1-4,9-18H2,(H2,33,38). The van der Waals surface area contributed by atoms with Gasteiger partial charge in [0.05, 0.1) is 30.0 Å². The van der Waals surface area contributed by atoms with Gasteiger partial charge in [-0.2, -0.15) is 0 Å². The zero-order valence-electron chi connectivity index (χ0n) is 22.4. The molecule has 0 unspecified atom stereocenters. The Labute approximate surface area is 228 Å². The van der Waals surface area contributed by atoms with E-state index in [0.29, 0.717) is 37.5 Å². The number of nitrogens with two attached hydrogens (primary N) is 1. The quantitative estimate of drug-likeness (QED) is 0.494. The predicted molar refractivity (Wildman–Crippen MR) is 145 cm³/mol. The monoisotopic (exact) mass is 540 g/mol. The van der Waals surface area contributed by atoms with E-state index < -0.39 is 17.5 Å². The molecule has 2 aliphatic heterocycles. The summed E-state index contributed by atoms with van der Waals surface area (Å²) >= 11 is 0. The number of pyridine rings is 1. The summed E-state index contributed by atoms with van der Waals surface area (Å²) in [6.45, 7) is 5.57. The van der Waals surface area contributed by atoms with E-state index in [9.17, 15) is 18.4 Å². The van der Waals surface area contributed by atoms with E-state index in [1.807, 2.05) is 12.1 Å². The Morgan fingerprint density at radius 1 is 0.923 bits per heavy atom. The van der Waals surface area contributed by atoms with Crippen LogP contribution < -0.4 is 10.6 Å². The molecule has 3 heterocycles. The number of morpholine rings is 1. The second-order valence-corrected chi connectivity index (χ2v) is 11.2. The molecule has 3 aliphatic rings. The third-order valence-electron chi connectivity index (χ3n) is 8.75. The van der Waals surface area contributed by atoms with Crippen molar-refractivity contribution >= 4 is 17.5 Å². The van der Waals surface area contributed by atoms with Crippen molar-refractivity contribution in [1.82, 2.24) is 9.88 Å². The normalized spacial score (nSPS) is 23.1. The number of nitrogens with zero attached hydrogens (tertiary/aromatic N) is 3. The van der Waals surface area contributed by atoms with Gasteiger partial charge in [0.2, 0.25) is 0 Å². The second kappa shape index (κ2) is 12.5. The number of hydrogen-bond donors (Lipinski definition) is 1. The molecule has 1 aromatic heterocycles. The van der Waals surface area contributed by atoms with Crippen LogP contribution in [0.5, 0.6) is 0 Å². The van der Waals surface area contributed by atoms with Crippen LogP contribution in [-0.4, -0.2) is 67.5 Å². The number of halogens is 2. The van der Waals surface area contributed by atoms with Crippen molar-refractivity contribution in [2.45, 2.75) is 50.9 Å². The number of piperidine rings is 1. The fraction of sp³-hybridized carbons (Fsp3) is 0.567. The Bertz CT molecular complexity index is 1170. The van der Waals surface area contributed by atoms with E-state index in [2.05, 4.69) is 9.80 Å². The molecule has 0 spiro atoms. The fourth-order valence-electron chi connectivity index (χ4n) is 6.37. The van der Waals surface area contributed by atoms with Gasteiger partial charge in [0, 0.05) is 31.0 Å². The highest BCUT2D eigenvalue weighted by atomic mass is 19.1. The molecular formula is C30H38F2N4O3. The first-order chi connectivity index (χ1) is 18.9. The molecule has 1 amide bonds. The lowest BCUT2D eigenvalue weighted by Gasteiger charge is -2.34. The first-order valence-corrected chi connectivity index (χ1v) is 14.2. The molecule has 0 bridgehead atoms. The van der Waals surface area contributed by atoms with Crippen LogP contribution in [0.3, 0.4) is 0 Å². The van der Waals surface area contributed by atoms with Crippen molar-refractivity contribution < 1.29 is 23.1 Å². The number of benzene rings is 1. The molecule has 1 aromatic carbocycles. The van der Waals surface area contributed by atoms with E-state index in [-0.39, 0.29) is 23.2 Å². The van der Waals surface area contributed by atoms with Crippen LogP contribution in [-0.2, 0) is 4.74 Å². The van der Waals surface area contributed by atoms with Gasteiger partial charge in [-0.1, -0.05) is 0 Å². The zero-order valence-corrected chi connectivity index (χ0v) is 22.4. The van der Waals surface area contributed by atoms with Crippen molar-refractivity contribution in [3.05, 3.63) is 58.8 Å². The first-order valence-electron chi connectivity index (χ1n) is 14.2. The van der Waals surface area contributed by atoms with Crippen molar-refractivity contribution in [3.8, 4) is 0 Å². The topological polar surface area (TPSA) is 88.8 Å². The smallest absolute Gasteiger partial charge is 0.250 e. The second-order valence-electron chi connectivity index (χ2n) is 11.2. The van der Waals surface area contributed by atoms with Crippen molar-refractivity contribution in [1.29, 1.82) is 0 Å². The van der Waals surface area contributed by atoms with Gasteiger partial charge >= 0.3 is 0 Å². The third-order valence-corrected chi connectivity index (χ3v) is 8.75. The van der Waals surface area contributed by atoms with Crippen LogP contribution in [0.2, 0.25) is 0 Å². The molecule has 9 heteroatoms. The number of Topliss-reactive ketones (excluding diaryl/α,β-unsaturated/α-hetero) is 1. The number of carbonyl (C=O) groups excluding carboxylic acids is 2. The summed E-state index contributed by atoms with van der Waals surface area (Å²) in [6.07, 6.45) is 6.65. The summed E-state index contributed by atoms with van der Waals surface area (Å²) in [5.74, 6) is -0.541. The molecule has 1 aliphatic carbocycles. The Morgan fingerprint density at radius 2 is 1.62 bits per heavy atom. The van der Waals surface area contributed by atoms with E-state index >= 15 is 0 Å². The summed E-state index contributed by atoms with van der Waals surface area (Å²) < 4.78 is 32.7. The molecule has 7 nitrogen and oxygen atoms in total. The van der Waals surface area contributed by atoms with Crippen LogP contribution in [0, 0.1) is 23.5 Å². The Morgan fingerprint density at radius 3 is 2.28 bits per heavy atom. The predicted octanol–water partition coefficient (Wildman–Crippen LogP) is 4.55. The van der Waals surface area contributed by atoms with Gasteiger partial charge in [-0.05, 0) is 94.8 Å². The van der Waals surface area contributed by atoms with Crippen molar-refractivity contribution in [3.63, 3.8) is 0 Å². The van der Waals surface area contributed by atoms with Gasteiger partial charge in [0.1, 0.15) is 17.5 Å². The lowest BCUT2D eigenvalue weighted by atomic mass is 9.78. The number of ether oxygens (including phenoxy) is 1. The van der Waals surface area contributed by atoms with E-state index in [4.69, 9.17) is 15.5 Å². The number of hydrogen-bond acceptors (Lipinski definition) is 6. The molecule has 1 saturated carbocycles. The van der Waals surface area contributed by atoms with Gasteiger partial charge in [-0.3, -0.25) is 9.59 Å². The first kappa shape index (κ1) is 27.6. The lowest BCUT2D eigenvalue weighted by Crippen LogP contribution is -2.38. The highest BCUT2D eigenvalue weighted by Gasteiger charge is 2.30. The summed E-state index contributed by atoms with van der Waals surface area (Å²) in [5, 5.41) is 0. The summed E-state index contributed by atoms with van der Waals surface area (Å²) in [4.78, 5) is 34.4. The van der Waals surface area contributed by atoms with Gasteiger partial charge in [0.25, 0.3) is 5.91 Å². The number of ketones is 1. The fourth-order valence-corrected chi connectivity index (χ4v) is 6.37. The van der Waals surface area contributed by atoms with E-state index in [1.165, 1.54) is 6.07 Å². The number of aromatic nitrogens is 1. The lowest BCUT2D eigenvalue weighted by molar-refractivity contribution is 0.0828. The van der Waals surface area contributed by atoms with Crippen LogP contribution in [0.15, 0.2) is 30.3 Å². The number of amides is 1. The number of likely N-dealkylation sites (tertiary alicyclic amines) is 1. The van der Waals surface area contributed by atoms with E-state index in [0.717, 1.165) is 88.5 Å². The van der Waals surface area contributed by atoms with Crippen LogP contribution in [0.25, 0.3) is 0 Å². The highest BCUT2D eigenvalue weighted by Crippen LogP contribution is 2.38. The van der Waals surface area contributed by atoms with Crippen molar-refractivity contribution in [2.24, 2.45) is 17.6 Å². The average molecular weight is 541 g/mol. The van der Waals surface area contributed by atoms with Crippen molar-refractivity contribution in [2.75, 3.05) is 50.8 Å². The molecule has 210 valence electrons. The minimum atomic E-state index is -0.774. The maximum absolute atomic E-state index is 14.1. The number of anilines is 1. The molecule has 3 fully saturated rings. The Kier molecular flexibility index (Phi) is 8.87. The Hall–Kier alpha value is -2.91. The minimum Gasteiger partial charge on any atom is -0.378 e. The molecule has 39 heavy (non-hydrogen) atoms. The van der Waals surface area contributed by atoms with Gasteiger partial charge < -0.3 is 20.3 Å². The number of rotatable bonds is 8. The SMILES string of the molecule is NC(=O)c1ccc(N2CCOCC2)nc1C1CCC(CCN2CCC(C(=O)c3ccc(F)cc3F)CC2)CC1. The molecular weight excluding hydrogens is 502 g/mol. The third kappa shape index (κ3) is 6.64. The van der Waals surface area contributed by atoms with Gasteiger partial charge in [-0.15, -0.1) is 0 Å². The maximum Gasteiger partial charge on any atom is 0.250 e. The van der Waals surface area contributed by atoms with Crippen LogP contribution in [0.1, 0.15) is 77.3 Å². The number of carbonyl (C=O) groups is 2. The van der Waals surface area contributed by atoms with E-state index in [1.54, 1.807) is 0 Å². The molecule has 0 atom stereocenters.